The van der Waals surface area contributed by atoms with Crippen LogP contribution in [0.4, 0.5) is 0 Å². The van der Waals surface area contributed by atoms with E-state index in [0.29, 0.717) is 0 Å². The van der Waals surface area contributed by atoms with Gasteiger partial charge < -0.3 is 71.8 Å². The minimum atomic E-state index is 0. The number of nitrogens with two attached hydrogens (primary N) is 2. The molecule has 16 heavy (non-hydrogen) atoms. The van der Waals surface area contributed by atoms with Gasteiger partial charge in [0.05, 0.1) is 0 Å². The molecule has 0 bridgehead atoms. The van der Waals surface area contributed by atoms with Crippen LogP contribution in [0.5, 0.6) is 0 Å². The molecule has 0 aromatic carbocycles. The van der Waals surface area contributed by atoms with Crippen LogP contribution in [0.2, 0.25) is 0 Å². The summed E-state index contributed by atoms with van der Waals surface area (Å²) in [7, 11) is 0. The van der Waals surface area contributed by atoms with Crippen molar-refractivity contribution in [2.45, 2.75) is 0 Å². The van der Waals surface area contributed by atoms with Gasteiger partial charge in [0.1, 0.15) is 0 Å². The Balaban J connectivity index is -0.0000000660. The predicted molar refractivity (Wildman–Crippen MR) is 74.0 cm³/mol. The van der Waals surface area contributed by atoms with E-state index >= 15 is 0 Å². The van der Waals surface area contributed by atoms with Gasteiger partial charge in [-0.15, -0.1) is 0 Å². The van der Waals surface area contributed by atoms with E-state index in [9.17, 15) is 0 Å². The molecule has 0 unspecified atom stereocenters. The minimum Gasteiger partial charge on any atom is -0.415 e. The standard InChI is InChI=1S/C4H10N2.2CH3NS2.2K/c1-2-6-4-3-5-1;2*2-1(3)4;;/h5-6H,1-4H2;2*(H3,2,3,4);;/q;;;2*+1/p-2. The molecule has 1 heterocycles. The fourth-order valence-corrected chi connectivity index (χ4v) is 0.604. The van der Waals surface area contributed by atoms with Crippen LogP contribution in [0.25, 0.3) is 0 Å². The number of thiocarbonyl (C=S) groups is 2. The van der Waals surface area contributed by atoms with Gasteiger partial charge in [0.15, 0.2) is 0 Å². The number of rotatable bonds is 0. The Morgan fingerprint density at radius 1 is 0.812 bits per heavy atom. The molecule has 1 rings (SSSR count). The first-order valence-electron chi connectivity index (χ1n) is 3.81. The molecule has 1 aliphatic rings. The van der Waals surface area contributed by atoms with Crippen molar-refractivity contribution in [1.82, 2.24) is 10.6 Å². The summed E-state index contributed by atoms with van der Waals surface area (Å²) in [5.41, 5.74) is 9.31. The molecular weight excluding hydrogens is 335 g/mol. The molecular formula is C6H14K2N4S4. The molecule has 0 radical (unpaired) electrons. The van der Waals surface area contributed by atoms with Crippen LogP contribution in [0.15, 0.2) is 0 Å². The van der Waals surface area contributed by atoms with Gasteiger partial charge in [0, 0.05) is 26.2 Å². The van der Waals surface area contributed by atoms with Crippen LogP contribution in [-0.2, 0) is 25.3 Å². The van der Waals surface area contributed by atoms with Gasteiger partial charge in [-0.3, -0.25) is 0 Å². The fraction of sp³-hybridized carbons (Fsp3) is 0.667. The largest absolute Gasteiger partial charge is 1.00 e. The molecule has 4 nitrogen and oxygen atoms in total. The van der Waals surface area contributed by atoms with Crippen LogP contribution in [0, 0.1) is 0 Å². The SMILES string of the molecule is C1CNCCN1.NC(=S)[S-].NC(=S)[S-].[K+].[K+]. The Bertz CT molecular complexity index is 137. The predicted octanol–water partition coefficient (Wildman–Crippen LogP) is -7.26. The molecule has 1 fully saturated rings. The zero-order valence-electron chi connectivity index (χ0n) is 9.62. The van der Waals surface area contributed by atoms with Crippen LogP contribution in [-0.4, -0.2) is 34.8 Å². The van der Waals surface area contributed by atoms with Crippen LogP contribution < -0.4 is 125 Å². The van der Waals surface area contributed by atoms with E-state index < -0.39 is 0 Å². The number of hydrogen-bond donors (Lipinski definition) is 4. The zero-order valence-corrected chi connectivity index (χ0v) is 19.1. The van der Waals surface area contributed by atoms with Crippen molar-refractivity contribution in [3.05, 3.63) is 0 Å². The van der Waals surface area contributed by atoms with E-state index in [0.717, 1.165) is 26.2 Å². The summed E-state index contributed by atoms with van der Waals surface area (Å²) >= 11 is 16.5. The van der Waals surface area contributed by atoms with Crippen molar-refractivity contribution in [2.24, 2.45) is 11.5 Å². The molecule has 0 aromatic heterocycles. The van der Waals surface area contributed by atoms with Gasteiger partial charge in [-0.25, -0.2) is 0 Å². The summed E-state index contributed by atoms with van der Waals surface area (Å²) in [6, 6.07) is 0. The van der Waals surface area contributed by atoms with Gasteiger partial charge in [0.2, 0.25) is 0 Å². The quantitative estimate of drug-likeness (QED) is 0.195. The average molecular weight is 349 g/mol. The summed E-state index contributed by atoms with van der Waals surface area (Å²) in [6.07, 6.45) is 0. The molecule has 1 saturated heterocycles. The Labute approximate surface area is 204 Å². The smallest absolute Gasteiger partial charge is 0.415 e. The molecule has 0 atom stereocenters. The Morgan fingerprint density at radius 2 is 0.938 bits per heavy atom. The maximum absolute atomic E-state index is 4.66. The monoisotopic (exact) mass is 348 g/mol. The van der Waals surface area contributed by atoms with Crippen molar-refractivity contribution < 1.29 is 103 Å². The maximum atomic E-state index is 4.66. The van der Waals surface area contributed by atoms with E-state index in [1.54, 1.807) is 0 Å². The third kappa shape index (κ3) is 52.9. The molecule has 0 aliphatic carbocycles. The zero-order chi connectivity index (χ0) is 11.4. The maximum Gasteiger partial charge on any atom is 1.00 e. The number of hydrogen-bond acceptors (Lipinski definition) is 6. The van der Waals surface area contributed by atoms with Crippen molar-refractivity contribution in [3.8, 4) is 0 Å². The summed E-state index contributed by atoms with van der Waals surface area (Å²) in [5, 5.41) is 6.44. The van der Waals surface area contributed by atoms with Gasteiger partial charge in [0.25, 0.3) is 0 Å². The van der Waals surface area contributed by atoms with E-state index in [-0.39, 0.29) is 111 Å². The Hall–Kier alpha value is 3.41. The van der Waals surface area contributed by atoms with Crippen LogP contribution in [0.1, 0.15) is 0 Å². The second-order valence-electron chi connectivity index (χ2n) is 2.14. The van der Waals surface area contributed by atoms with E-state index in [2.05, 4.69) is 71.8 Å². The first-order chi connectivity index (χ1) is 6.46. The van der Waals surface area contributed by atoms with Gasteiger partial charge in [-0.1, -0.05) is 8.64 Å². The first kappa shape index (κ1) is 27.7. The average Bonchev–Trinajstić information content (AvgIpc) is 2.05. The topological polar surface area (TPSA) is 76.1 Å². The van der Waals surface area contributed by atoms with E-state index in [1.807, 2.05) is 0 Å². The second kappa shape index (κ2) is 23.5. The number of nitrogens with one attached hydrogen (secondary N) is 2. The molecule has 0 spiro atoms. The molecule has 1 aliphatic heterocycles. The van der Waals surface area contributed by atoms with Crippen molar-refractivity contribution >= 4 is 58.3 Å². The molecule has 10 heteroatoms. The fourth-order valence-electron chi connectivity index (χ4n) is 0.604. The van der Waals surface area contributed by atoms with Crippen molar-refractivity contribution in [2.75, 3.05) is 26.2 Å². The second-order valence-corrected chi connectivity index (χ2v) is 4.41. The summed E-state index contributed by atoms with van der Waals surface area (Å²) < 4.78 is 0.167. The van der Waals surface area contributed by atoms with Gasteiger partial charge >= 0.3 is 103 Å². The van der Waals surface area contributed by atoms with Gasteiger partial charge in [-0.2, -0.15) is 0 Å². The van der Waals surface area contributed by atoms with Gasteiger partial charge in [-0.05, 0) is 0 Å². The summed E-state index contributed by atoms with van der Waals surface area (Å²) in [4.78, 5) is 0. The first-order valence-corrected chi connectivity index (χ1v) is 5.44. The third-order valence-electron chi connectivity index (χ3n) is 0.957. The van der Waals surface area contributed by atoms with Crippen LogP contribution in [0.3, 0.4) is 0 Å². The van der Waals surface area contributed by atoms with E-state index in [1.165, 1.54) is 0 Å². The molecule has 0 aromatic rings. The Morgan fingerprint density at radius 3 is 1.00 bits per heavy atom. The van der Waals surface area contributed by atoms with Crippen molar-refractivity contribution in [1.29, 1.82) is 0 Å². The molecule has 84 valence electrons. The molecule has 0 amide bonds. The number of piperazine rings is 1. The van der Waals surface area contributed by atoms with Crippen molar-refractivity contribution in [3.63, 3.8) is 0 Å². The molecule has 0 saturated carbocycles. The normalized spacial score (nSPS) is 12.0. The molecule has 6 N–H and O–H groups in total. The third-order valence-corrected chi connectivity index (χ3v) is 0.957. The van der Waals surface area contributed by atoms with Crippen LogP contribution >= 0.6 is 24.4 Å². The Kier molecular flexibility index (Phi) is 40.7. The van der Waals surface area contributed by atoms with E-state index in [4.69, 9.17) is 0 Å². The summed E-state index contributed by atoms with van der Waals surface area (Å²) in [6.45, 7) is 4.56. The summed E-state index contributed by atoms with van der Waals surface area (Å²) in [5.74, 6) is 0. The minimum absolute atomic E-state index is 0.